The highest BCUT2D eigenvalue weighted by Crippen LogP contribution is 2.49. The summed E-state index contributed by atoms with van der Waals surface area (Å²) < 4.78 is 17.1. The topological polar surface area (TPSA) is 65.0 Å². The first-order chi connectivity index (χ1) is 15.6. The molecule has 3 rings (SSSR count). The third-order valence-electron chi connectivity index (χ3n) is 7.41. The van der Waals surface area contributed by atoms with Crippen LogP contribution >= 0.6 is 0 Å². The molecule has 6 atom stereocenters. The normalized spacial score (nSPS) is 31.0. The Kier molecular flexibility index (Phi) is 10.8. The van der Waals surface area contributed by atoms with E-state index in [0.717, 1.165) is 64.4 Å². The van der Waals surface area contributed by atoms with Crippen molar-refractivity contribution >= 4 is 5.97 Å². The van der Waals surface area contributed by atoms with Crippen LogP contribution in [0.2, 0.25) is 0 Å². The minimum Gasteiger partial charge on any atom is -0.469 e. The molecule has 1 heterocycles. The second-order valence-corrected chi connectivity index (χ2v) is 9.87. The van der Waals surface area contributed by atoms with Gasteiger partial charge < -0.3 is 19.3 Å². The lowest BCUT2D eigenvalue weighted by Gasteiger charge is -2.29. The summed E-state index contributed by atoms with van der Waals surface area (Å²) in [5.74, 6) is 1.31. The first-order valence-corrected chi connectivity index (χ1v) is 13.0. The molecule has 0 spiro atoms. The number of hydrogen-bond acceptors (Lipinski definition) is 5. The maximum atomic E-state index is 11.3. The molecule has 1 N–H and O–H groups in total. The number of fused-ring (bicyclic) bond motifs is 1. The number of rotatable bonds is 13. The summed E-state index contributed by atoms with van der Waals surface area (Å²) in [7, 11) is 1.45. The second kappa shape index (κ2) is 13.5. The quantitative estimate of drug-likeness (QED) is 0.222. The van der Waals surface area contributed by atoms with Crippen molar-refractivity contribution in [3.63, 3.8) is 0 Å². The number of hydrogen-bond donors (Lipinski definition) is 1. The Labute approximate surface area is 194 Å². The zero-order valence-electron chi connectivity index (χ0n) is 20.2. The van der Waals surface area contributed by atoms with E-state index in [-0.39, 0.29) is 24.5 Å². The van der Waals surface area contributed by atoms with Crippen LogP contribution in [0.1, 0.15) is 90.4 Å². The number of allylic oxidation sites excluding steroid dienone is 2. The summed E-state index contributed by atoms with van der Waals surface area (Å²) in [6.07, 6.45) is 19.7. The summed E-state index contributed by atoms with van der Waals surface area (Å²) >= 11 is 0. The highest BCUT2D eigenvalue weighted by atomic mass is 16.7. The van der Waals surface area contributed by atoms with Crippen molar-refractivity contribution < 1.29 is 24.1 Å². The number of methoxy groups -OCH3 is 1. The lowest BCUT2D eigenvalue weighted by molar-refractivity contribution is -0.192. The van der Waals surface area contributed by atoms with Gasteiger partial charge in [-0.2, -0.15) is 0 Å². The first-order valence-electron chi connectivity index (χ1n) is 13.0. The summed E-state index contributed by atoms with van der Waals surface area (Å²) in [6, 6.07) is 0. The second-order valence-electron chi connectivity index (χ2n) is 9.87. The highest BCUT2D eigenvalue weighted by Gasteiger charge is 2.45. The van der Waals surface area contributed by atoms with Crippen LogP contribution in [0.3, 0.4) is 0 Å². The molecule has 2 aliphatic carbocycles. The summed E-state index contributed by atoms with van der Waals surface area (Å²) in [5, 5.41) is 10.4. The van der Waals surface area contributed by atoms with Crippen molar-refractivity contribution in [3.05, 3.63) is 23.8 Å². The van der Waals surface area contributed by atoms with Gasteiger partial charge in [0.25, 0.3) is 0 Å². The molecule has 1 aliphatic heterocycles. The van der Waals surface area contributed by atoms with Gasteiger partial charge in [-0.3, -0.25) is 4.79 Å². The Morgan fingerprint density at radius 1 is 1.28 bits per heavy atom. The van der Waals surface area contributed by atoms with Gasteiger partial charge in [-0.25, -0.2) is 0 Å². The SMILES string of the molecule is CCCCCC(O)C=CC1C(OC2CCCCO2)C[C@H]2C=C(CCCCC(=O)OC)C[C@H]12. The zero-order valence-corrected chi connectivity index (χ0v) is 20.2. The van der Waals surface area contributed by atoms with E-state index in [1.807, 2.05) is 6.08 Å². The Morgan fingerprint density at radius 3 is 2.91 bits per heavy atom. The van der Waals surface area contributed by atoms with Crippen LogP contribution in [-0.2, 0) is 19.0 Å². The smallest absolute Gasteiger partial charge is 0.305 e. The maximum absolute atomic E-state index is 11.3. The Balaban J connectivity index is 1.56. The van der Waals surface area contributed by atoms with E-state index < -0.39 is 0 Å². The Bertz CT molecular complexity index is 622. The molecule has 4 unspecified atom stereocenters. The summed E-state index contributed by atoms with van der Waals surface area (Å²) in [6.45, 7) is 2.99. The predicted octanol–water partition coefficient (Wildman–Crippen LogP) is 5.71. The van der Waals surface area contributed by atoms with E-state index in [4.69, 9.17) is 14.2 Å². The average Bonchev–Trinajstić information content (AvgIpc) is 3.33. The molecule has 5 heteroatoms. The largest absolute Gasteiger partial charge is 0.469 e. The molecular weight excluding hydrogens is 404 g/mol. The number of ether oxygens (including phenoxy) is 3. The Morgan fingerprint density at radius 2 is 2.16 bits per heavy atom. The Hall–Kier alpha value is -1.17. The standard InChI is InChI=1S/C27H44O5/c1-3-4-5-11-22(28)14-15-23-24-18-20(10-6-7-12-26(29)30-2)17-21(24)19-25(23)32-27-13-8-9-16-31-27/h14-15,17,21-25,27-28H,3-13,16,18-19H2,1-2H3/t21-,22?,23?,24+,25?,27?/m1/s1. The molecule has 1 saturated heterocycles. The van der Waals surface area contributed by atoms with Crippen molar-refractivity contribution in [1.29, 1.82) is 0 Å². The van der Waals surface area contributed by atoms with Crippen LogP contribution in [0.15, 0.2) is 23.8 Å². The van der Waals surface area contributed by atoms with Crippen molar-refractivity contribution in [2.24, 2.45) is 17.8 Å². The van der Waals surface area contributed by atoms with E-state index in [1.54, 1.807) is 0 Å². The molecule has 182 valence electrons. The maximum Gasteiger partial charge on any atom is 0.305 e. The van der Waals surface area contributed by atoms with Crippen molar-refractivity contribution in [3.8, 4) is 0 Å². The van der Waals surface area contributed by atoms with E-state index >= 15 is 0 Å². The van der Waals surface area contributed by atoms with Crippen molar-refractivity contribution in [1.82, 2.24) is 0 Å². The monoisotopic (exact) mass is 448 g/mol. The molecule has 0 aromatic heterocycles. The number of carbonyl (C=O) groups is 1. The van der Waals surface area contributed by atoms with Crippen LogP contribution in [0.5, 0.6) is 0 Å². The molecule has 0 aromatic carbocycles. The molecule has 5 nitrogen and oxygen atoms in total. The van der Waals surface area contributed by atoms with Gasteiger partial charge in [-0.15, -0.1) is 0 Å². The number of esters is 1. The first kappa shape index (κ1) is 25.5. The molecule has 0 aromatic rings. The zero-order chi connectivity index (χ0) is 22.8. The molecule has 0 amide bonds. The number of unbranched alkanes of at least 4 members (excludes halogenated alkanes) is 3. The highest BCUT2D eigenvalue weighted by molar-refractivity contribution is 5.68. The van der Waals surface area contributed by atoms with Crippen LogP contribution in [0.25, 0.3) is 0 Å². The molecule has 3 aliphatic rings. The minimum atomic E-state index is -0.362. The number of aliphatic hydroxyl groups is 1. The molecule has 32 heavy (non-hydrogen) atoms. The fraction of sp³-hybridized carbons (Fsp3) is 0.815. The van der Waals surface area contributed by atoms with Crippen molar-refractivity contribution in [2.45, 2.75) is 109 Å². The van der Waals surface area contributed by atoms with Gasteiger partial charge in [0, 0.05) is 18.9 Å². The third kappa shape index (κ3) is 7.71. The van der Waals surface area contributed by atoms with Gasteiger partial charge in [0.2, 0.25) is 0 Å². The lowest BCUT2D eigenvalue weighted by atomic mass is 9.88. The molecule has 0 radical (unpaired) electrons. The number of aliphatic hydroxyl groups excluding tert-OH is 1. The fourth-order valence-corrected chi connectivity index (χ4v) is 5.61. The minimum absolute atomic E-state index is 0.0697. The van der Waals surface area contributed by atoms with E-state index in [9.17, 15) is 9.90 Å². The van der Waals surface area contributed by atoms with Crippen molar-refractivity contribution in [2.75, 3.05) is 13.7 Å². The van der Waals surface area contributed by atoms with Gasteiger partial charge in [0.15, 0.2) is 6.29 Å². The van der Waals surface area contributed by atoms with Gasteiger partial charge in [0.05, 0.1) is 19.3 Å². The average molecular weight is 449 g/mol. The van der Waals surface area contributed by atoms with Crippen LogP contribution < -0.4 is 0 Å². The summed E-state index contributed by atoms with van der Waals surface area (Å²) in [4.78, 5) is 11.3. The molecule has 0 bridgehead atoms. The van der Waals surface area contributed by atoms with E-state index in [0.29, 0.717) is 24.2 Å². The van der Waals surface area contributed by atoms with E-state index in [1.165, 1.54) is 31.9 Å². The fourth-order valence-electron chi connectivity index (χ4n) is 5.61. The van der Waals surface area contributed by atoms with Gasteiger partial charge in [-0.1, -0.05) is 50.0 Å². The summed E-state index contributed by atoms with van der Waals surface area (Å²) in [5.41, 5.74) is 1.53. The molecule has 2 fully saturated rings. The predicted molar refractivity (Wildman–Crippen MR) is 126 cm³/mol. The third-order valence-corrected chi connectivity index (χ3v) is 7.41. The lowest BCUT2D eigenvalue weighted by Crippen LogP contribution is -2.30. The molecular formula is C27H44O5. The number of carbonyl (C=O) groups excluding carboxylic acids is 1. The van der Waals surface area contributed by atoms with E-state index in [2.05, 4.69) is 19.1 Å². The van der Waals surface area contributed by atoms with Crippen LogP contribution in [0.4, 0.5) is 0 Å². The van der Waals surface area contributed by atoms with Gasteiger partial charge in [0.1, 0.15) is 0 Å². The van der Waals surface area contributed by atoms with Gasteiger partial charge in [-0.05, 0) is 69.6 Å². The van der Waals surface area contributed by atoms with Crippen LogP contribution in [0, 0.1) is 17.8 Å². The van der Waals surface area contributed by atoms with Crippen LogP contribution in [-0.4, -0.2) is 43.3 Å². The van der Waals surface area contributed by atoms with Gasteiger partial charge >= 0.3 is 5.97 Å². The molecule has 1 saturated carbocycles.